The Bertz CT molecular complexity index is 759. The van der Waals surface area contributed by atoms with Crippen molar-refractivity contribution < 1.29 is 19.1 Å². The van der Waals surface area contributed by atoms with Crippen LogP contribution in [0.25, 0.3) is 0 Å². The molecule has 0 heterocycles. The van der Waals surface area contributed by atoms with Gasteiger partial charge in [-0.2, -0.15) is 0 Å². The van der Waals surface area contributed by atoms with E-state index < -0.39 is 18.0 Å². The zero-order chi connectivity index (χ0) is 18.2. The molecular weight excluding hydrogens is 320 g/mol. The molecule has 1 unspecified atom stereocenters. The van der Waals surface area contributed by atoms with Crippen LogP contribution in [0.15, 0.2) is 54.6 Å². The van der Waals surface area contributed by atoms with Crippen molar-refractivity contribution in [3.8, 4) is 0 Å². The number of anilines is 1. The first-order valence-electron chi connectivity index (χ1n) is 7.80. The highest BCUT2D eigenvalue weighted by Gasteiger charge is 2.22. The molecule has 130 valence electrons. The van der Waals surface area contributed by atoms with Crippen LogP contribution in [0.4, 0.5) is 10.5 Å². The van der Waals surface area contributed by atoms with Crippen LogP contribution in [0, 0.1) is 0 Å². The van der Waals surface area contributed by atoms with Crippen LogP contribution >= 0.6 is 0 Å². The zero-order valence-electron chi connectivity index (χ0n) is 14.1. The van der Waals surface area contributed by atoms with Gasteiger partial charge in [0.05, 0.1) is 7.11 Å². The van der Waals surface area contributed by atoms with E-state index in [0.29, 0.717) is 17.7 Å². The largest absolute Gasteiger partial charge is 0.467 e. The van der Waals surface area contributed by atoms with Crippen molar-refractivity contribution in [3.05, 3.63) is 65.7 Å². The predicted molar refractivity (Wildman–Crippen MR) is 94.6 cm³/mol. The molecule has 0 radical (unpaired) electrons. The molecule has 0 saturated heterocycles. The number of urea groups is 1. The van der Waals surface area contributed by atoms with Crippen molar-refractivity contribution in [2.75, 3.05) is 12.4 Å². The smallest absolute Gasteiger partial charge is 0.328 e. The Balaban J connectivity index is 2.05. The lowest BCUT2D eigenvalue weighted by Gasteiger charge is -2.17. The second-order valence-electron chi connectivity index (χ2n) is 5.50. The van der Waals surface area contributed by atoms with E-state index in [1.54, 1.807) is 24.3 Å². The molecule has 0 spiro atoms. The number of carbonyl (C=O) groups is 3. The normalized spacial score (nSPS) is 11.3. The van der Waals surface area contributed by atoms with Gasteiger partial charge in [0.15, 0.2) is 5.78 Å². The summed E-state index contributed by atoms with van der Waals surface area (Å²) in [6.07, 6.45) is 0.314. The third-order valence-corrected chi connectivity index (χ3v) is 3.60. The first kappa shape index (κ1) is 18.2. The third kappa shape index (κ3) is 5.46. The number of hydrogen-bond acceptors (Lipinski definition) is 4. The molecule has 0 saturated carbocycles. The van der Waals surface area contributed by atoms with Crippen molar-refractivity contribution >= 4 is 23.5 Å². The summed E-state index contributed by atoms with van der Waals surface area (Å²) in [6.45, 7) is 1.45. The second kappa shape index (κ2) is 8.63. The van der Waals surface area contributed by atoms with E-state index in [0.717, 1.165) is 5.56 Å². The Kier molecular flexibility index (Phi) is 6.28. The Hall–Kier alpha value is -3.15. The van der Waals surface area contributed by atoms with Crippen LogP contribution in [-0.4, -0.2) is 30.9 Å². The minimum atomic E-state index is -0.816. The monoisotopic (exact) mass is 340 g/mol. The molecule has 0 aliphatic rings. The number of ketones is 1. The Morgan fingerprint density at radius 2 is 1.76 bits per heavy atom. The number of nitrogens with one attached hydrogen (secondary N) is 2. The summed E-state index contributed by atoms with van der Waals surface area (Å²) in [5.74, 6) is -0.628. The average molecular weight is 340 g/mol. The molecule has 0 aliphatic heterocycles. The van der Waals surface area contributed by atoms with Crippen LogP contribution in [0.3, 0.4) is 0 Å². The molecule has 2 aromatic rings. The predicted octanol–water partition coefficient (Wildman–Crippen LogP) is 2.80. The molecule has 6 heteroatoms. The van der Waals surface area contributed by atoms with E-state index in [2.05, 4.69) is 10.6 Å². The van der Waals surface area contributed by atoms with Gasteiger partial charge < -0.3 is 15.4 Å². The number of benzene rings is 2. The minimum Gasteiger partial charge on any atom is -0.467 e. The number of Topliss-reactive ketones (excluding diaryl/α,β-unsaturated/α-hetero) is 1. The number of methoxy groups -OCH3 is 1. The van der Waals surface area contributed by atoms with Gasteiger partial charge in [0.25, 0.3) is 0 Å². The topological polar surface area (TPSA) is 84.5 Å². The van der Waals surface area contributed by atoms with E-state index >= 15 is 0 Å². The molecule has 0 bridgehead atoms. The summed E-state index contributed by atoms with van der Waals surface area (Å²) in [5, 5.41) is 5.23. The van der Waals surface area contributed by atoms with E-state index in [1.165, 1.54) is 14.0 Å². The number of hydrogen-bond donors (Lipinski definition) is 2. The summed E-state index contributed by atoms with van der Waals surface area (Å²) >= 11 is 0. The molecule has 1 atom stereocenters. The van der Waals surface area contributed by atoms with Crippen molar-refractivity contribution in [1.29, 1.82) is 0 Å². The van der Waals surface area contributed by atoms with Gasteiger partial charge in [-0.05, 0) is 24.6 Å². The molecule has 0 aromatic heterocycles. The standard InChI is InChI=1S/C19H20N2O4/c1-13(22)15-9-6-10-16(12-15)20-19(24)21-17(18(23)25-2)11-14-7-4-3-5-8-14/h3-10,12,17H,11H2,1-2H3,(H2,20,21,24). The van der Waals surface area contributed by atoms with E-state index in [9.17, 15) is 14.4 Å². The van der Waals surface area contributed by atoms with E-state index in [1.807, 2.05) is 30.3 Å². The maximum absolute atomic E-state index is 12.2. The molecule has 0 fully saturated rings. The molecule has 2 N–H and O–H groups in total. The molecule has 2 rings (SSSR count). The lowest BCUT2D eigenvalue weighted by atomic mass is 10.1. The van der Waals surface area contributed by atoms with Gasteiger partial charge in [-0.25, -0.2) is 9.59 Å². The molecule has 2 aromatic carbocycles. The second-order valence-corrected chi connectivity index (χ2v) is 5.50. The number of amides is 2. The number of esters is 1. The summed E-state index contributed by atoms with van der Waals surface area (Å²) < 4.78 is 4.76. The van der Waals surface area contributed by atoms with Crippen molar-refractivity contribution in [2.45, 2.75) is 19.4 Å². The van der Waals surface area contributed by atoms with Gasteiger partial charge in [0.1, 0.15) is 6.04 Å². The highest BCUT2D eigenvalue weighted by Crippen LogP contribution is 2.11. The summed E-state index contributed by atoms with van der Waals surface area (Å²) in [6, 6.07) is 14.5. The Morgan fingerprint density at radius 3 is 2.40 bits per heavy atom. The molecule has 0 aliphatic carbocycles. The van der Waals surface area contributed by atoms with Gasteiger partial charge >= 0.3 is 12.0 Å². The van der Waals surface area contributed by atoms with Crippen LogP contribution in [-0.2, 0) is 16.0 Å². The van der Waals surface area contributed by atoms with Gasteiger partial charge in [-0.15, -0.1) is 0 Å². The number of ether oxygens (including phenoxy) is 1. The van der Waals surface area contributed by atoms with E-state index in [4.69, 9.17) is 4.74 Å². The van der Waals surface area contributed by atoms with Crippen LogP contribution in [0.5, 0.6) is 0 Å². The summed E-state index contributed by atoms with van der Waals surface area (Å²) in [4.78, 5) is 35.5. The van der Waals surface area contributed by atoms with Gasteiger partial charge in [0.2, 0.25) is 0 Å². The quantitative estimate of drug-likeness (QED) is 0.625. The van der Waals surface area contributed by atoms with Gasteiger partial charge in [-0.3, -0.25) is 4.79 Å². The van der Waals surface area contributed by atoms with Gasteiger partial charge in [0, 0.05) is 17.7 Å². The van der Waals surface area contributed by atoms with E-state index in [-0.39, 0.29) is 5.78 Å². The fraction of sp³-hybridized carbons (Fsp3) is 0.211. The van der Waals surface area contributed by atoms with Crippen LogP contribution in [0.1, 0.15) is 22.8 Å². The number of rotatable bonds is 6. The highest BCUT2D eigenvalue weighted by atomic mass is 16.5. The molecule has 25 heavy (non-hydrogen) atoms. The molecule has 2 amide bonds. The van der Waals surface area contributed by atoms with Crippen LogP contribution < -0.4 is 10.6 Å². The summed E-state index contributed by atoms with van der Waals surface area (Å²) in [5.41, 5.74) is 1.86. The summed E-state index contributed by atoms with van der Waals surface area (Å²) in [7, 11) is 1.27. The lowest BCUT2D eigenvalue weighted by Crippen LogP contribution is -2.45. The zero-order valence-corrected chi connectivity index (χ0v) is 14.1. The molecular formula is C19H20N2O4. The SMILES string of the molecule is COC(=O)C(Cc1ccccc1)NC(=O)Nc1cccc(C(C)=O)c1. The van der Waals surface area contributed by atoms with Crippen molar-refractivity contribution in [2.24, 2.45) is 0 Å². The maximum Gasteiger partial charge on any atom is 0.328 e. The van der Waals surface area contributed by atoms with Crippen LogP contribution in [0.2, 0.25) is 0 Å². The average Bonchev–Trinajstić information content (AvgIpc) is 2.61. The maximum atomic E-state index is 12.2. The van der Waals surface area contributed by atoms with Crippen molar-refractivity contribution in [1.82, 2.24) is 5.32 Å². The van der Waals surface area contributed by atoms with Gasteiger partial charge in [-0.1, -0.05) is 42.5 Å². The Labute approximate surface area is 146 Å². The fourth-order valence-electron chi connectivity index (χ4n) is 2.33. The third-order valence-electron chi connectivity index (χ3n) is 3.60. The first-order valence-corrected chi connectivity index (χ1v) is 7.80. The Morgan fingerprint density at radius 1 is 1.04 bits per heavy atom. The number of carbonyl (C=O) groups excluding carboxylic acids is 3. The fourth-order valence-corrected chi connectivity index (χ4v) is 2.33. The molecule has 6 nitrogen and oxygen atoms in total. The first-order chi connectivity index (χ1) is 12.0. The lowest BCUT2D eigenvalue weighted by molar-refractivity contribution is -0.142. The highest BCUT2D eigenvalue weighted by molar-refractivity contribution is 5.97. The van der Waals surface area contributed by atoms with Crippen molar-refractivity contribution in [3.63, 3.8) is 0 Å². The minimum absolute atomic E-state index is 0.0967.